The maximum Gasteiger partial charge on any atom is 0.419 e. The Hall–Kier alpha value is -3.10. The molecule has 3 heterocycles. The molecule has 212 valence electrons. The van der Waals surface area contributed by atoms with E-state index >= 15 is 0 Å². The number of amides is 1. The SMILES string of the molecule is CC1NC(C#N)=C(C(F)(F)F)C=C1N1C(=O)C2(CCC2)N(c2ccc(OC3CCN(C)C4(CCC4)C3)cc2)C1=S. The average molecular weight is 572 g/mol. The zero-order chi connectivity index (χ0) is 28.4. The van der Waals surface area contributed by atoms with Crippen LogP contribution in [0.5, 0.6) is 5.75 Å². The Kier molecular flexibility index (Phi) is 6.42. The number of piperidine rings is 1. The molecule has 2 unspecified atom stereocenters. The number of anilines is 1. The van der Waals surface area contributed by atoms with Crippen molar-refractivity contribution in [3.05, 3.63) is 47.3 Å². The molecule has 0 radical (unpaired) electrons. The Bertz CT molecular complexity index is 1340. The first-order chi connectivity index (χ1) is 19.0. The number of benzene rings is 1. The van der Waals surface area contributed by atoms with Crippen molar-refractivity contribution in [3.8, 4) is 11.8 Å². The molecule has 1 N–H and O–H groups in total. The predicted octanol–water partition coefficient (Wildman–Crippen LogP) is 5.15. The molecule has 40 heavy (non-hydrogen) atoms. The van der Waals surface area contributed by atoms with Crippen molar-refractivity contribution in [2.24, 2.45) is 0 Å². The number of dihydropyridines is 1. The Morgan fingerprint density at radius 2 is 1.82 bits per heavy atom. The molecule has 3 aliphatic heterocycles. The summed E-state index contributed by atoms with van der Waals surface area (Å²) in [6.45, 7) is 2.63. The van der Waals surface area contributed by atoms with Crippen LogP contribution in [-0.2, 0) is 4.79 Å². The van der Waals surface area contributed by atoms with E-state index in [2.05, 4.69) is 17.3 Å². The van der Waals surface area contributed by atoms with E-state index < -0.39 is 29.0 Å². The number of hydrogen-bond acceptors (Lipinski definition) is 6. The fourth-order valence-corrected chi connectivity index (χ4v) is 7.36. The molecule has 7 nitrogen and oxygen atoms in total. The summed E-state index contributed by atoms with van der Waals surface area (Å²) < 4.78 is 47.7. The third kappa shape index (κ3) is 4.10. The number of carbonyl (C=O) groups is 1. The second-order valence-electron chi connectivity index (χ2n) is 11.7. The summed E-state index contributed by atoms with van der Waals surface area (Å²) in [5.41, 5.74) is -1.56. The molecule has 2 spiro atoms. The molecule has 0 bridgehead atoms. The summed E-state index contributed by atoms with van der Waals surface area (Å²) in [6, 6.07) is 8.39. The third-order valence-electron chi connectivity index (χ3n) is 9.52. The van der Waals surface area contributed by atoms with Gasteiger partial charge in [-0.3, -0.25) is 9.69 Å². The number of nitrogens with one attached hydrogen (secondary N) is 1. The number of carbonyl (C=O) groups excluding carboxylic acids is 1. The van der Waals surface area contributed by atoms with Crippen LogP contribution in [0, 0.1) is 11.3 Å². The fraction of sp³-hybridized carbons (Fsp3) is 0.552. The van der Waals surface area contributed by atoms with Crippen LogP contribution in [-0.4, -0.2) is 63.8 Å². The molecule has 5 aliphatic rings. The smallest absolute Gasteiger partial charge is 0.419 e. The van der Waals surface area contributed by atoms with Crippen LogP contribution >= 0.6 is 12.2 Å². The number of rotatable bonds is 4. The minimum Gasteiger partial charge on any atom is -0.490 e. The van der Waals surface area contributed by atoms with E-state index in [-0.39, 0.29) is 28.4 Å². The van der Waals surface area contributed by atoms with Crippen molar-refractivity contribution in [2.45, 2.75) is 87.7 Å². The number of halogens is 3. The molecule has 11 heteroatoms. The number of allylic oxidation sites excluding steroid dienone is 3. The highest BCUT2D eigenvalue weighted by molar-refractivity contribution is 7.80. The van der Waals surface area contributed by atoms with Gasteiger partial charge in [0, 0.05) is 24.2 Å². The molecule has 2 saturated carbocycles. The average Bonchev–Trinajstić information content (AvgIpc) is 3.10. The second-order valence-corrected chi connectivity index (χ2v) is 12.1. The van der Waals surface area contributed by atoms with Crippen molar-refractivity contribution in [1.29, 1.82) is 5.26 Å². The van der Waals surface area contributed by atoms with Gasteiger partial charge in [0.05, 0.1) is 17.3 Å². The number of likely N-dealkylation sites (tertiary alicyclic amines) is 1. The maximum absolute atomic E-state index is 13.8. The quantitative estimate of drug-likeness (QED) is 0.501. The van der Waals surface area contributed by atoms with Gasteiger partial charge in [-0.25, -0.2) is 0 Å². The van der Waals surface area contributed by atoms with Gasteiger partial charge in [-0.2, -0.15) is 18.4 Å². The highest BCUT2D eigenvalue weighted by Crippen LogP contribution is 2.49. The normalized spacial score (nSPS) is 27.8. The van der Waals surface area contributed by atoms with Gasteiger partial charge in [-0.1, -0.05) is 0 Å². The topological polar surface area (TPSA) is 71.8 Å². The second kappa shape index (κ2) is 9.48. The Morgan fingerprint density at radius 3 is 2.38 bits per heavy atom. The highest BCUT2D eigenvalue weighted by Gasteiger charge is 2.60. The van der Waals surface area contributed by atoms with E-state index in [0.29, 0.717) is 18.5 Å². The lowest BCUT2D eigenvalue weighted by Gasteiger charge is -2.53. The maximum atomic E-state index is 13.8. The lowest BCUT2D eigenvalue weighted by atomic mass is 9.69. The molecule has 2 atom stereocenters. The van der Waals surface area contributed by atoms with E-state index in [1.165, 1.54) is 24.2 Å². The lowest BCUT2D eigenvalue weighted by molar-refractivity contribution is -0.132. The molecule has 2 saturated heterocycles. The van der Waals surface area contributed by atoms with E-state index in [9.17, 15) is 23.2 Å². The van der Waals surface area contributed by atoms with Crippen LogP contribution in [0.25, 0.3) is 0 Å². The number of thiocarbonyl (C=S) groups is 1. The number of nitriles is 1. The van der Waals surface area contributed by atoms with Gasteiger partial charge in [0.1, 0.15) is 29.2 Å². The Labute approximate surface area is 237 Å². The van der Waals surface area contributed by atoms with Crippen molar-refractivity contribution in [3.63, 3.8) is 0 Å². The standard InChI is InChI=1S/C29H32F3N5O2S/c1-18-24(15-22(29(30,31)32)23(17-33)34-18)36-25(38)28(12-4-13-28)37(26(36)40)19-5-7-20(8-6-19)39-21-9-14-35(2)27(16-21)10-3-11-27/h5-8,15,18,21,34H,3-4,9-14,16H2,1-2H3. The van der Waals surface area contributed by atoms with Gasteiger partial charge in [0.25, 0.3) is 5.91 Å². The number of ether oxygens (including phenoxy) is 1. The van der Waals surface area contributed by atoms with Crippen molar-refractivity contribution in [1.82, 2.24) is 15.1 Å². The summed E-state index contributed by atoms with van der Waals surface area (Å²) in [7, 11) is 2.20. The molecular formula is C29H32F3N5O2S. The van der Waals surface area contributed by atoms with E-state index in [1.54, 1.807) is 17.9 Å². The molecule has 1 aromatic rings. The fourth-order valence-electron chi connectivity index (χ4n) is 6.89. The minimum absolute atomic E-state index is 0.0854. The molecule has 1 amide bonds. The molecular weight excluding hydrogens is 539 g/mol. The molecule has 0 aromatic heterocycles. The Balaban J connectivity index is 1.26. The summed E-state index contributed by atoms with van der Waals surface area (Å²) >= 11 is 5.78. The van der Waals surface area contributed by atoms with E-state index in [0.717, 1.165) is 37.6 Å². The number of hydrogen-bond donors (Lipinski definition) is 1. The van der Waals surface area contributed by atoms with Crippen molar-refractivity contribution < 1.29 is 22.7 Å². The van der Waals surface area contributed by atoms with Crippen molar-refractivity contribution >= 4 is 28.9 Å². The highest BCUT2D eigenvalue weighted by atomic mass is 32.1. The summed E-state index contributed by atoms with van der Waals surface area (Å²) in [6.07, 6.45) is 3.85. The zero-order valence-electron chi connectivity index (χ0n) is 22.6. The summed E-state index contributed by atoms with van der Waals surface area (Å²) in [5.74, 6) is 0.420. The molecule has 1 aromatic carbocycles. The minimum atomic E-state index is -4.76. The first-order valence-corrected chi connectivity index (χ1v) is 14.3. The monoisotopic (exact) mass is 571 g/mol. The van der Waals surface area contributed by atoms with Crippen LogP contribution in [0.2, 0.25) is 0 Å². The first kappa shape index (κ1) is 27.1. The van der Waals surface area contributed by atoms with Gasteiger partial charge in [0.15, 0.2) is 5.11 Å². The van der Waals surface area contributed by atoms with E-state index in [4.69, 9.17) is 17.0 Å². The number of nitrogens with zero attached hydrogens (tertiary/aromatic N) is 4. The zero-order valence-corrected chi connectivity index (χ0v) is 23.4. The molecule has 6 rings (SSSR count). The van der Waals surface area contributed by atoms with Gasteiger partial charge in [-0.05, 0) is 101 Å². The largest absolute Gasteiger partial charge is 0.490 e. The van der Waals surface area contributed by atoms with E-state index in [1.807, 2.05) is 24.3 Å². The lowest BCUT2D eigenvalue weighted by Crippen LogP contribution is -2.58. The molecule has 4 fully saturated rings. The van der Waals surface area contributed by atoms with Gasteiger partial charge in [-0.15, -0.1) is 0 Å². The van der Waals surface area contributed by atoms with Crippen LogP contribution in [0.3, 0.4) is 0 Å². The van der Waals surface area contributed by atoms with Crippen LogP contribution < -0.4 is 15.0 Å². The van der Waals surface area contributed by atoms with Gasteiger partial charge >= 0.3 is 6.18 Å². The summed E-state index contributed by atoms with van der Waals surface area (Å²) in [4.78, 5) is 19.3. The van der Waals surface area contributed by atoms with Gasteiger partial charge in [0.2, 0.25) is 0 Å². The predicted molar refractivity (Wildman–Crippen MR) is 147 cm³/mol. The van der Waals surface area contributed by atoms with Crippen molar-refractivity contribution in [2.75, 3.05) is 18.5 Å². The third-order valence-corrected chi connectivity index (χ3v) is 9.88. The van der Waals surface area contributed by atoms with Crippen LogP contribution in [0.4, 0.5) is 18.9 Å². The first-order valence-electron chi connectivity index (χ1n) is 13.9. The van der Waals surface area contributed by atoms with Crippen LogP contribution in [0.1, 0.15) is 58.3 Å². The molecule has 2 aliphatic carbocycles. The number of alkyl halides is 3. The van der Waals surface area contributed by atoms with Gasteiger partial charge < -0.3 is 19.9 Å². The Morgan fingerprint density at radius 1 is 1.15 bits per heavy atom. The summed E-state index contributed by atoms with van der Waals surface area (Å²) in [5, 5.41) is 12.0. The van der Waals surface area contributed by atoms with Crippen LogP contribution in [0.15, 0.2) is 47.3 Å².